The van der Waals surface area contributed by atoms with Gasteiger partial charge in [-0.05, 0) is 30.2 Å². The second-order valence-corrected chi connectivity index (χ2v) is 5.12. The van der Waals surface area contributed by atoms with Crippen LogP contribution in [0.15, 0.2) is 30.3 Å². The molecule has 1 N–H and O–H groups in total. The number of rotatable bonds is 5. The molecule has 0 radical (unpaired) electrons. The lowest BCUT2D eigenvalue weighted by Crippen LogP contribution is -2.13. The topological polar surface area (TPSA) is 20.2 Å². The zero-order valence-electron chi connectivity index (χ0n) is 9.94. The molecule has 2 rings (SSSR count). The van der Waals surface area contributed by atoms with Crippen molar-refractivity contribution in [3.63, 3.8) is 0 Å². The largest absolute Gasteiger partial charge is 0.396 e. The van der Waals surface area contributed by atoms with E-state index in [-0.39, 0.29) is 0 Å². The molecule has 1 nitrogen and oxygen atoms in total. The van der Waals surface area contributed by atoms with Crippen LogP contribution in [0.2, 0.25) is 0 Å². The van der Waals surface area contributed by atoms with Gasteiger partial charge < -0.3 is 5.11 Å². The highest BCUT2D eigenvalue weighted by Crippen LogP contribution is 2.31. The quantitative estimate of drug-likeness (QED) is 0.803. The van der Waals surface area contributed by atoms with E-state index in [4.69, 9.17) is 0 Å². The van der Waals surface area contributed by atoms with Crippen molar-refractivity contribution in [2.45, 2.75) is 38.5 Å². The van der Waals surface area contributed by atoms with Crippen molar-refractivity contribution in [2.24, 2.45) is 11.8 Å². The lowest BCUT2D eigenvalue weighted by Gasteiger charge is -2.18. The molecule has 1 aromatic rings. The normalized spacial score (nSPS) is 18.8. The molecule has 0 saturated heterocycles. The summed E-state index contributed by atoms with van der Waals surface area (Å²) in [6.07, 6.45) is 7.80. The van der Waals surface area contributed by atoms with E-state index < -0.39 is 0 Å². The van der Waals surface area contributed by atoms with Gasteiger partial charge in [0.2, 0.25) is 0 Å². The second-order valence-electron chi connectivity index (χ2n) is 5.12. The van der Waals surface area contributed by atoms with Crippen LogP contribution in [0, 0.1) is 11.8 Å². The van der Waals surface area contributed by atoms with Crippen LogP contribution in [-0.4, -0.2) is 11.7 Å². The van der Waals surface area contributed by atoms with Crippen LogP contribution in [0.25, 0.3) is 0 Å². The molecule has 1 saturated carbocycles. The fraction of sp³-hybridized carbons (Fsp3) is 0.600. The smallest absolute Gasteiger partial charge is 0.0462 e. The molecule has 0 aromatic heterocycles. The molecular formula is C15H22O. The Morgan fingerprint density at radius 1 is 1.12 bits per heavy atom. The molecule has 88 valence electrons. The molecule has 1 atom stereocenters. The maximum Gasteiger partial charge on any atom is 0.0462 e. The number of hydrogen-bond acceptors (Lipinski definition) is 1. The lowest BCUT2D eigenvalue weighted by atomic mass is 9.89. The lowest BCUT2D eigenvalue weighted by molar-refractivity contribution is 0.200. The summed E-state index contributed by atoms with van der Waals surface area (Å²) in [4.78, 5) is 0. The van der Waals surface area contributed by atoms with Gasteiger partial charge in [-0.25, -0.2) is 0 Å². The van der Waals surface area contributed by atoms with Crippen LogP contribution in [-0.2, 0) is 6.42 Å². The highest BCUT2D eigenvalue weighted by atomic mass is 16.3. The molecule has 0 heterocycles. The van der Waals surface area contributed by atoms with E-state index in [1.54, 1.807) is 0 Å². The summed E-state index contributed by atoms with van der Waals surface area (Å²) in [6, 6.07) is 10.5. The van der Waals surface area contributed by atoms with Gasteiger partial charge in [0.1, 0.15) is 0 Å². The fourth-order valence-corrected chi connectivity index (χ4v) is 2.89. The van der Waals surface area contributed by atoms with Crippen molar-refractivity contribution in [3.8, 4) is 0 Å². The minimum absolute atomic E-state index is 0.339. The van der Waals surface area contributed by atoms with Gasteiger partial charge in [0.25, 0.3) is 0 Å². The first-order chi connectivity index (χ1) is 7.88. The minimum Gasteiger partial charge on any atom is -0.396 e. The van der Waals surface area contributed by atoms with Crippen LogP contribution in [0.5, 0.6) is 0 Å². The first kappa shape index (κ1) is 11.7. The predicted molar refractivity (Wildman–Crippen MR) is 67.3 cm³/mol. The van der Waals surface area contributed by atoms with Crippen LogP contribution in [0.4, 0.5) is 0 Å². The Bertz CT molecular complexity index is 288. The van der Waals surface area contributed by atoms with E-state index >= 15 is 0 Å². The molecule has 0 aliphatic heterocycles. The summed E-state index contributed by atoms with van der Waals surface area (Å²) in [6.45, 7) is 0.339. The third kappa shape index (κ3) is 3.34. The van der Waals surface area contributed by atoms with E-state index in [1.807, 2.05) is 0 Å². The summed E-state index contributed by atoms with van der Waals surface area (Å²) < 4.78 is 0. The Morgan fingerprint density at radius 2 is 1.81 bits per heavy atom. The van der Waals surface area contributed by atoms with Gasteiger partial charge in [-0.3, -0.25) is 0 Å². The van der Waals surface area contributed by atoms with E-state index in [9.17, 15) is 5.11 Å². The molecule has 0 spiro atoms. The summed E-state index contributed by atoms with van der Waals surface area (Å²) in [5.41, 5.74) is 1.36. The first-order valence-corrected chi connectivity index (χ1v) is 6.53. The van der Waals surface area contributed by atoms with Gasteiger partial charge in [0.05, 0.1) is 0 Å². The SMILES string of the molecule is OC[C@@H](Cc1ccccc1)CC1CCCC1. The number of benzene rings is 1. The summed E-state index contributed by atoms with van der Waals surface area (Å²) >= 11 is 0. The molecule has 0 unspecified atom stereocenters. The van der Waals surface area contributed by atoms with E-state index in [2.05, 4.69) is 30.3 Å². The number of hydrogen-bond donors (Lipinski definition) is 1. The van der Waals surface area contributed by atoms with Crippen LogP contribution >= 0.6 is 0 Å². The van der Waals surface area contributed by atoms with Crippen LogP contribution in [0.1, 0.15) is 37.7 Å². The zero-order valence-corrected chi connectivity index (χ0v) is 9.94. The van der Waals surface area contributed by atoms with Gasteiger partial charge in [-0.15, -0.1) is 0 Å². The van der Waals surface area contributed by atoms with E-state index in [0.29, 0.717) is 12.5 Å². The zero-order chi connectivity index (χ0) is 11.2. The Labute approximate surface area is 98.5 Å². The predicted octanol–water partition coefficient (Wildman–Crippen LogP) is 3.42. The summed E-state index contributed by atoms with van der Waals surface area (Å²) in [5, 5.41) is 9.45. The van der Waals surface area contributed by atoms with Gasteiger partial charge >= 0.3 is 0 Å². The average molecular weight is 218 g/mol. The maximum absolute atomic E-state index is 9.45. The molecule has 1 aliphatic carbocycles. The highest BCUT2D eigenvalue weighted by Gasteiger charge is 2.19. The van der Waals surface area contributed by atoms with Gasteiger partial charge in [0.15, 0.2) is 0 Å². The molecule has 16 heavy (non-hydrogen) atoms. The molecular weight excluding hydrogens is 196 g/mol. The van der Waals surface area contributed by atoms with Crippen molar-refractivity contribution in [1.29, 1.82) is 0 Å². The molecule has 0 amide bonds. The molecule has 1 aliphatic rings. The Hall–Kier alpha value is -0.820. The Kier molecular flexibility index (Phi) is 4.41. The van der Waals surface area contributed by atoms with Crippen molar-refractivity contribution in [1.82, 2.24) is 0 Å². The third-order valence-corrected chi connectivity index (χ3v) is 3.77. The minimum atomic E-state index is 0.339. The second kappa shape index (κ2) is 6.05. The van der Waals surface area contributed by atoms with E-state index in [1.165, 1.54) is 37.7 Å². The van der Waals surface area contributed by atoms with Gasteiger partial charge in [-0.2, -0.15) is 0 Å². The number of aliphatic hydroxyl groups is 1. The van der Waals surface area contributed by atoms with Crippen molar-refractivity contribution in [3.05, 3.63) is 35.9 Å². The molecule has 1 heteroatoms. The molecule has 1 aromatic carbocycles. The highest BCUT2D eigenvalue weighted by molar-refractivity contribution is 5.15. The maximum atomic E-state index is 9.45. The average Bonchev–Trinajstić information content (AvgIpc) is 2.82. The Balaban J connectivity index is 1.85. The van der Waals surface area contributed by atoms with Crippen LogP contribution in [0.3, 0.4) is 0 Å². The van der Waals surface area contributed by atoms with Crippen molar-refractivity contribution < 1.29 is 5.11 Å². The van der Waals surface area contributed by atoms with E-state index in [0.717, 1.165) is 12.3 Å². The Morgan fingerprint density at radius 3 is 2.44 bits per heavy atom. The molecule has 1 fully saturated rings. The summed E-state index contributed by atoms with van der Waals surface area (Å²) in [7, 11) is 0. The summed E-state index contributed by atoms with van der Waals surface area (Å²) in [5.74, 6) is 1.34. The van der Waals surface area contributed by atoms with Crippen LogP contribution < -0.4 is 0 Å². The van der Waals surface area contributed by atoms with Gasteiger partial charge in [-0.1, -0.05) is 56.0 Å². The first-order valence-electron chi connectivity index (χ1n) is 6.53. The monoisotopic (exact) mass is 218 g/mol. The number of aliphatic hydroxyl groups excluding tert-OH is 1. The van der Waals surface area contributed by atoms with Crippen molar-refractivity contribution >= 4 is 0 Å². The molecule has 0 bridgehead atoms. The standard InChI is InChI=1S/C15H22O/c16-12-15(11-14-8-4-5-9-14)10-13-6-2-1-3-7-13/h1-3,6-7,14-16H,4-5,8-12H2/t15-/m0/s1. The van der Waals surface area contributed by atoms with Crippen molar-refractivity contribution in [2.75, 3.05) is 6.61 Å². The fourth-order valence-electron chi connectivity index (χ4n) is 2.89. The third-order valence-electron chi connectivity index (χ3n) is 3.77. The van der Waals surface area contributed by atoms with Gasteiger partial charge in [0, 0.05) is 6.61 Å².